The van der Waals surface area contributed by atoms with Crippen molar-refractivity contribution in [3.05, 3.63) is 0 Å². The van der Waals surface area contributed by atoms with Crippen molar-refractivity contribution >= 4 is 11.9 Å². The first-order valence-electron chi connectivity index (χ1n) is 19.0. The number of ether oxygens (including phenoxy) is 2. The SMILES string of the molecule is CCCCCCCCCCCCCCCC(=O)O[C@@H](CO)COC(=O)CCCCCCCCCCCCCCCC(C)C. The predicted molar refractivity (Wildman–Crippen MR) is 182 cm³/mol. The third-order valence-corrected chi connectivity index (χ3v) is 8.58. The fourth-order valence-electron chi connectivity index (χ4n) is 5.68. The summed E-state index contributed by atoms with van der Waals surface area (Å²) in [6.07, 6.45) is 34.4. The van der Waals surface area contributed by atoms with E-state index in [-0.39, 0.29) is 25.2 Å². The van der Waals surface area contributed by atoms with E-state index in [2.05, 4.69) is 20.8 Å². The quantitative estimate of drug-likeness (QED) is 0.0579. The van der Waals surface area contributed by atoms with Crippen molar-refractivity contribution in [2.75, 3.05) is 13.2 Å². The molecule has 43 heavy (non-hydrogen) atoms. The van der Waals surface area contributed by atoms with E-state index in [0.717, 1.165) is 38.0 Å². The summed E-state index contributed by atoms with van der Waals surface area (Å²) in [6.45, 7) is 6.50. The van der Waals surface area contributed by atoms with E-state index in [4.69, 9.17) is 9.47 Å². The number of carbonyl (C=O) groups is 2. The van der Waals surface area contributed by atoms with Gasteiger partial charge in [0.05, 0.1) is 6.61 Å². The van der Waals surface area contributed by atoms with Gasteiger partial charge in [-0.05, 0) is 18.8 Å². The Labute approximate surface area is 268 Å². The van der Waals surface area contributed by atoms with E-state index in [1.807, 2.05) is 0 Å². The standard InChI is InChI=1S/C38H74O5/c1-4-5-6-7-8-9-10-12-17-20-23-26-29-32-38(41)43-36(33-39)34-42-37(40)31-28-25-22-19-16-14-11-13-15-18-21-24-27-30-35(2)3/h35-36,39H,4-34H2,1-3H3/t36-/m0/s1. The summed E-state index contributed by atoms with van der Waals surface area (Å²) < 4.78 is 10.6. The Morgan fingerprint density at radius 1 is 0.512 bits per heavy atom. The molecule has 256 valence electrons. The molecule has 0 aromatic rings. The first kappa shape index (κ1) is 41.9. The van der Waals surface area contributed by atoms with Crippen LogP contribution in [0.5, 0.6) is 0 Å². The molecule has 0 saturated heterocycles. The molecular weight excluding hydrogens is 536 g/mol. The molecule has 5 nitrogen and oxygen atoms in total. The summed E-state index contributed by atoms with van der Waals surface area (Å²) in [5, 5.41) is 9.53. The number of hydrogen-bond donors (Lipinski definition) is 1. The maximum absolute atomic E-state index is 12.1. The lowest BCUT2D eigenvalue weighted by Gasteiger charge is -2.15. The smallest absolute Gasteiger partial charge is 0.306 e. The molecule has 1 atom stereocenters. The second-order valence-electron chi connectivity index (χ2n) is 13.5. The Morgan fingerprint density at radius 3 is 1.23 bits per heavy atom. The zero-order chi connectivity index (χ0) is 31.6. The van der Waals surface area contributed by atoms with Crippen LogP contribution in [0.15, 0.2) is 0 Å². The van der Waals surface area contributed by atoms with Crippen LogP contribution in [0, 0.1) is 5.92 Å². The second-order valence-corrected chi connectivity index (χ2v) is 13.5. The van der Waals surface area contributed by atoms with Crippen LogP contribution in [0.4, 0.5) is 0 Å². The van der Waals surface area contributed by atoms with Crippen LogP contribution < -0.4 is 0 Å². The second kappa shape index (κ2) is 33.8. The largest absolute Gasteiger partial charge is 0.462 e. The Balaban J connectivity index is 3.51. The van der Waals surface area contributed by atoms with Gasteiger partial charge in [-0.3, -0.25) is 9.59 Å². The highest BCUT2D eigenvalue weighted by Crippen LogP contribution is 2.16. The third kappa shape index (κ3) is 33.6. The van der Waals surface area contributed by atoms with Crippen molar-refractivity contribution in [1.29, 1.82) is 0 Å². The van der Waals surface area contributed by atoms with Crippen molar-refractivity contribution in [3.8, 4) is 0 Å². The van der Waals surface area contributed by atoms with Crippen LogP contribution in [-0.2, 0) is 19.1 Å². The lowest BCUT2D eigenvalue weighted by atomic mass is 10.0. The molecule has 0 spiro atoms. The summed E-state index contributed by atoms with van der Waals surface area (Å²) in [6, 6.07) is 0. The molecule has 0 rings (SSSR count). The molecule has 0 saturated carbocycles. The van der Waals surface area contributed by atoms with Gasteiger partial charge in [0.15, 0.2) is 6.10 Å². The number of hydrogen-bond acceptors (Lipinski definition) is 5. The topological polar surface area (TPSA) is 72.8 Å². The number of aliphatic hydroxyl groups is 1. The normalized spacial score (nSPS) is 12.1. The van der Waals surface area contributed by atoms with Gasteiger partial charge in [0.25, 0.3) is 0 Å². The highest BCUT2D eigenvalue weighted by atomic mass is 16.6. The number of esters is 2. The molecule has 0 heterocycles. The van der Waals surface area contributed by atoms with Crippen molar-refractivity contribution in [3.63, 3.8) is 0 Å². The molecule has 0 aromatic carbocycles. The number of aliphatic hydroxyl groups excluding tert-OH is 1. The van der Waals surface area contributed by atoms with Gasteiger partial charge in [-0.15, -0.1) is 0 Å². The molecule has 0 radical (unpaired) electrons. The fraction of sp³-hybridized carbons (Fsp3) is 0.947. The van der Waals surface area contributed by atoms with Gasteiger partial charge in [0.2, 0.25) is 0 Å². The van der Waals surface area contributed by atoms with E-state index in [0.29, 0.717) is 12.8 Å². The first-order chi connectivity index (χ1) is 21.0. The fourth-order valence-corrected chi connectivity index (χ4v) is 5.68. The van der Waals surface area contributed by atoms with Gasteiger partial charge in [-0.1, -0.05) is 181 Å². The zero-order valence-corrected chi connectivity index (χ0v) is 29.2. The molecule has 0 aliphatic carbocycles. The van der Waals surface area contributed by atoms with E-state index >= 15 is 0 Å². The van der Waals surface area contributed by atoms with Crippen LogP contribution in [0.2, 0.25) is 0 Å². The molecule has 0 aliphatic heterocycles. The van der Waals surface area contributed by atoms with Gasteiger partial charge in [-0.2, -0.15) is 0 Å². The summed E-state index contributed by atoms with van der Waals surface area (Å²) >= 11 is 0. The molecule has 0 aliphatic rings. The lowest BCUT2D eigenvalue weighted by molar-refractivity contribution is -0.161. The lowest BCUT2D eigenvalue weighted by Crippen LogP contribution is -2.28. The molecular formula is C38H74O5. The van der Waals surface area contributed by atoms with Crippen LogP contribution in [0.3, 0.4) is 0 Å². The summed E-state index contributed by atoms with van der Waals surface area (Å²) in [5.74, 6) is 0.269. The minimum absolute atomic E-state index is 0.0579. The van der Waals surface area contributed by atoms with E-state index in [1.165, 1.54) is 141 Å². The molecule has 0 bridgehead atoms. The molecule has 5 heteroatoms. The first-order valence-corrected chi connectivity index (χ1v) is 19.0. The Hall–Kier alpha value is -1.10. The minimum Gasteiger partial charge on any atom is -0.462 e. The zero-order valence-electron chi connectivity index (χ0n) is 29.2. The Bertz CT molecular complexity index is 591. The van der Waals surface area contributed by atoms with Crippen LogP contribution in [0.1, 0.15) is 207 Å². The molecule has 0 fully saturated rings. The molecule has 1 N–H and O–H groups in total. The molecule has 0 amide bonds. The van der Waals surface area contributed by atoms with E-state index in [1.54, 1.807) is 0 Å². The average Bonchev–Trinajstić information content (AvgIpc) is 2.99. The predicted octanol–water partition coefficient (Wildman–Crippen LogP) is 11.4. The van der Waals surface area contributed by atoms with Gasteiger partial charge < -0.3 is 14.6 Å². The minimum atomic E-state index is -0.761. The summed E-state index contributed by atoms with van der Waals surface area (Å²) in [7, 11) is 0. The maximum Gasteiger partial charge on any atom is 0.306 e. The third-order valence-electron chi connectivity index (χ3n) is 8.58. The van der Waals surface area contributed by atoms with Crippen molar-refractivity contribution in [2.24, 2.45) is 5.92 Å². The summed E-state index contributed by atoms with van der Waals surface area (Å²) in [5.41, 5.74) is 0. The van der Waals surface area contributed by atoms with Gasteiger partial charge in [0.1, 0.15) is 6.61 Å². The monoisotopic (exact) mass is 611 g/mol. The highest BCUT2D eigenvalue weighted by Gasteiger charge is 2.16. The van der Waals surface area contributed by atoms with Crippen LogP contribution in [0.25, 0.3) is 0 Å². The molecule has 0 aromatic heterocycles. The molecule has 0 unspecified atom stereocenters. The van der Waals surface area contributed by atoms with Crippen LogP contribution in [-0.4, -0.2) is 36.4 Å². The van der Waals surface area contributed by atoms with E-state index in [9.17, 15) is 14.7 Å². The number of unbranched alkanes of at least 4 members (excludes halogenated alkanes) is 24. The average molecular weight is 611 g/mol. The summed E-state index contributed by atoms with van der Waals surface area (Å²) in [4.78, 5) is 24.2. The number of rotatable bonds is 34. The van der Waals surface area contributed by atoms with Crippen molar-refractivity contribution in [2.45, 2.75) is 213 Å². The van der Waals surface area contributed by atoms with Gasteiger partial charge in [-0.25, -0.2) is 0 Å². The Kier molecular flexibility index (Phi) is 32.9. The van der Waals surface area contributed by atoms with E-state index < -0.39 is 6.10 Å². The van der Waals surface area contributed by atoms with Gasteiger partial charge >= 0.3 is 11.9 Å². The van der Waals surface area contributed by atoms with Gasteiger partial charge in [0, 0.05) is 12.8 Å². The van der Waals surface area contributed by atoms with Crippen LogP contribution >= 0.6 is 0 Å². The maximum atomic E-state index is 12.1. The van der Waals surface area contributed by atoms with Crippen molar-refractivity contribution < 1.29 is 24.2 Å². The Morgan fingerprint density at radius 2 is 0.860 bits per heavy atom. The number of carbonyl (C=O) groups excluding carboxylic acids is 2. The van der Waals surface area contributed by atoms with Crippen molar-refractivity contribution in [1.82, 2.24) is 0 Å². The highest BCUT2D eigenvalue weighted by molar-refractivity contribution is 5.70.